The number of hydrogen-bond donors (Lipinski definition) is 0. The number of halogens is 2. The molecule has 0 unspecified atom stereocenters. The first kappa shape index (κ1) is 17.1. The van der Waals surface area contributed by atoms with E-state index in [9.17, 15) is 13.6 Å². The van der Waals surface area contributed by atoms with E-state index in [2.05, 4.69) is 0 Å². The molecule has 0 aliphatic rings. The first-order valence-electron chi connectivity index (χ1n) is 7.56. The number of carbonyl (C=O) groups is 1. The van der Waals surface area contributed by atoms with Gasteiger partial charge in [-0.15, -0.1) is 11.3 Å². The number of hydrogen-bond acceptors (Lipinski definition) is 3. The van der Waals surface area contributed by atoms with Crippen molar-refractivity contribution in [1.29, 1.82) is 0 Å². The number of anilines is 1. The Hall–Kier alpha value is -2.73. The Morgan fingerprint density at radius 2 is 2.08 bits per heavy atom. The normalized spacial score (nSPS) is 11.2. The number of nitrogens with zero attached hydrogens (tertiary/aromatic N) is 1. The van der Waals surface area contributed by atoms with Gasteiger partial charge in [0.2, 0.25) is 0 Å². The van der Waals surface area contributed by atoms with Gasteiger partial charge in [0.1, 0.15) is 23.2 Å². The van der Waals surface area contributed by atoms with Crippen LogP contribution < -0.4 is 4.90 Å². The van der Waals surface area contributed by atoms with Gasteiger partial charge in [-0.1, -0.05) is 6.07 Å². The second-order valence-electron chi connectivity index (χ2n) is 5.38. The van der Waals surface area contributed by atoms with Crippen LogP contribution in [0.4, 0.5) is 14.5 Å². The van der Waals surface area contributed by atoms with E-state index in [-0.39, 0.29) is 12.2 Å². The average Bonchev–Trinajstić information content (AvgIpc) is 3.22. The minimum atomic E-state index is -0.785. The van der Waals surface area contributed by atoms with Crippen molar-refractivity contribution >= 4 is 29.0 Å². The Morgan fingerprint density at radius 1 is 1.24 bits per heavy atom. The smallest absolute Gasteiger partial charge is 0.251 e. The molecule has 2 heterocycles. The molecule has 6 heteroatoms. The van der Waals surface area contributed by atoms with E-state index >= 15 is 0 Å². The second-order valence-corrected chi connectivity index (χ2v) is 6.41. The predicted molar refractivity (Wildman–Crippen MR) is 94.3 cm³/mol. The molecule has 0 radical (unpaired) electrons. The first-order valence-corrected chi connectivity index (χ1v) is 8.44. The molecule has 3 rings (SSSR count). The lowest BCUT2D eigenvalue weighted by Gasteiger charge is -2.21. The molecule has 0 atom stereocenters. The summed E-state index contributed by atoms with van der Waals surface area (Å²) in [5, 5.41) is 1.88. The molecule has 0 N–H and O–H groups in total. The molecule has 0 fully saturated rings. The van der Waals surface area contributed by atoms with Gasteiger partial charge in [-0.25, -0.2) is 8.78 Å². The molecule has 25 heavy (non-hydrogen) atoms. The minimum Gasteiger partial charge on any atom is -0.462 e. The molecule has 0 saturated heterocycles. The van der Waals surface area contributed by atoms with Gasteiger partial charge in [0.15, 0.2) is 0 Å². The summed E-state index contributed by atoms with van der Waals surface area (Å²) in [6.07, 6.45) is 2.84. The van der Waals surface area contributed by atoms with Crippen molar-refractivity contribution < 1.29 is 18.0 Å². The van der Waals surface area contributed by atoms with Crippen molar-refractivity contribution in [3.05, 3.63) is 82.0 Å². The van der Waals surface area contributed by atoms with E-state index in [1.165, 1.54) is 34.5 Å². The molecule has 3 nitrogen and oxygen atoms in total. The highest BCUT2D eigenvalue weighted by molar-refractivity contribution is 7.09. The van der Waals surface area contributed by atoms with E-state index in [1.807, 2.05) is 17.5 Å². The van der Waals surface area contributed by atoms with Gasteiger partial charge in [-0.2, -0.15) is 0 Å². The quantitative estimate of drug-likeness (QED) is 0.589. The first-order chi connectivity index (χ1) is 12.0. The Morgan fingerprint density at radius 3 is 2.72 bits per heavy atom. The fourth-order valence-corrected chi connectivity index (χ4v) is 3.02. The number of carbonyl (C=O) groups excluding carboxylic acids is 1. The minimum absolute atomic E-state index is 0.0278. The summed E-state index contributed by atoms with van der Waals surface area (Å²) in [6, 6.07) is 10.4. The van der Waals surface area contributed by atoms with E-state index in [4.69, 9.17) is 4.42 Å². The molecular weight excluding hydrogens is 344 g/mol. The van der Waals surface area contributed by atoms with E-state index in [1.54, 1.807) is 19.1 Å². The summed E-state index contributed by atoms with van der Waals surface area (Å²) in [7, 11) is 0. The van der Waals surface area contributed by atoms with Gasteiger partial charge in [0, 0.05) is 17.0 Å². The van der Waals surface area contributed by atoms with Crippen LogP contribution in [0.5, 0.6) is 0 Å². The van der Waals surface area contributed by atoms with Crippen molar-refractivity contribution in [1.82, 2.24) is 0 Å². The maximum atomic E-state index is 14.2. The number of thiophene rings is 1. The molecule has 1 amide bonds. The Balaban J connectivity index is 1.89. The predicted octanol–water partition coefficient (Wildman–Crippen LogP) is 5.17. The third-order valence-electron chi connectivity index (χ3n) is 3.51. The van der Waals surface area contributed by atoms with Crippen molar-refractivity contribution in [3.63, 3.8) is 0 Å². The van der Waals surface area contributed by atoms with Crippen molar-refractivity contribution in [2.45, 2.75) is 13.5 Å². The van der Waals surface area contributed by atoms with Crippen LogP contribution in [0.1, 0.15) is 16.4 Å². The maximum absolute atomic E-state index is 14.2. The highest BCUT2D eigenvalue weighted by Gasteiger charge is 2.19. The van der Waals surface area contributed by atoms with Gasteiger partial charge < -0.3 is 9.32 Å². The number of furan rings is 1. The zero-order chi connectivity index (χ0) is 17.8. The second kappa shape index (κ2) is 7.44. The fraction of sp³-hybridized carbons (Fsp3) is 0.105. The molecule has 0 spiro atoms. The fourth-order valence-electron chi connectivity index (χ4n) is 2.33. The molecule has 0 aliphatic heterocycles. The van der Waals surface area contributed by atoms with Crippen LogP contribution >= 0.6 is 11.3 Å². The van der Waals surface area contributed by atoms with Crippen LogP contribution in [0.3, 0.4) is 0 Å². The van der Waals surface area contributed by atoms with Crippen molar-refractivity contribution in [3.8, 4) is 0 Å². The highest BCUT2D eigenvalue weighted by atomic mass is 32.1. The zero-order valence-electron chi connectivity index (χ0n) is 13.4. The number of amides is 1. The van der Waals surface area contributed by atoms with Gasteiger partial charge in [-0.05, 0) is 48.7 Å². The lowest BCUT2D eigenvalue weighted by Crippen LogP contribution is -2.29. The summed E-state index contributed by atoms with van der Waals surface area (Å²) in [6.45, 7) is 2.00. The molecule has 0 bridgehead atoms. The van der Waals surface area contributed by atoms with Crippen LogP contribution in [0.15, 0.2) is 58.3 Å². The van der Waals surface area contributed by atoms with E-state index < -0.39 is 17.5 Å². The molecular formula is C19H15F2NO2S. The van der Waals surface area contributed by atoms with Crippen molar-refractivity contribution in [2.75, 3.05) is 4.90 Å². The summed E-state index contributed by atoms with van der Waals surface area (Å²) in [5.41, 5.74) is 0.0278. The van der Waals surface area contributed by atoms with Gasteiger partial charge in [0.25, 0.3) is 5.91 Å². The van der Waals surface area contributed by atoms with Crippen LogP contribution in [-0.4, -0.2) is 5.91 Å². The van der Waals surface area contributed by atoms with Crippen LogP contribution in [0, 0.1) is 18.6 Å². The molecule has 128 valence electrons. The largest absolute Gasteiger partial charge is 0.462 e. The third kappa shape index (κ3) is 4.22. The highest BCUT2D eigenvalue weighted by Crippen LogP contribution is 2.24. The summed E-state index contributed by atoms with van der Waals surface area (Å²) < 4.78 is 32.8. The number of rotatable bonds is 5. The standard InChI is InChI=1S/C19H15F2NO2S/c1-13-4-6-15(24-13)7-9-19(23)22(12-16-3-2-10-25-16)18-8-5-14(20)11-17(18)21/h2-11H,12H2,1H3. The van der Waals surface area contributed by atoms with Crippen molar-refractivity contribution in [2.24, 2.45) is 0 Å². The number of aryl methyl sites for hydroxylation is 1. The number of benzene rings is 1. The van der Waals surface area contributed by atoms with Crippen LogP contribution in [-0.2, 0) is 11.3 Å². The summed E-state index contributed by atoms with van der Waals surface area (Å²) in [5.74, 6) is -0.639. The van der Waals surface area contributed by atoms with Crippen LogP contribution in [0.2, 0.25) is 0 Å². The lowest BCUT2D eigenvalue weighted by molar-refractivity contribution is -0.114. The molecule has 2 aromatic heterocycles. The van der Waals surface area contributed by atoms with Gasteiger partial charge in [0.05, 0.1) is 12.2 Å². The maximum Gasteiger partial charge on any atom is 0.251 e. The van der Waals surface area contributed by atoms with Crippen LogP contribution in [0.25, 0.3) is 6.08 Å². The summed E-state index contributed by atoms with van der Waals surface area (Å²) in [4.78, 5) is 14.8. The topological polar surface area (TPSA) is 33.5 Å². The molecule has 0 saturated carbocycles. The summed E-state index contributed by atoms with van der Waals surface area (Å²) >= 11 is 1.46. The Labute approximate surface area is 147 Å². The Kier molecular flexibility index (Phi) is 5.09. The zero-order valence-corrected chi connectivity index (χ0v) is 14.2. The Bertz CT molecular complexity index is 900. The van der Waals surface area contributed by atoms with Gasteiger partial charge in [-0.3, -0.25) is 4.79 Å². The molecule has 3 aromatic rings. The monoisotopic (exact) mass is 359 g/mol. The molecule has 0 aliphatic carbocycles. The average molecular weight is 359 g/mol. The SMILES string of the molecule is Cc1ccc(C=CC(=O)N(Cc2cccs2)c2ccc(F)cc2F)o1. The lowest BCUT2D eigenvalue weighted by atomic mass is 10.2. The molecule has 1 aromatic carbocycles. The third-order valence-corrected chi connectivity index (χ3v) is 4.37. The van der Waals surface area contributed by atoms with E-state index in [0.717, 1.165) is 22.8 Å². The van der Waals surface area contributed by atoms with Gasteiger partial charge >= 0.3 is 0 Å². The van der Waals surface area contributed by atoms with E-state index in [0.29, 0.717) is 5.76 Å².